The largest absolute Gasteiger partial charge is 0.380 e. The topological polar surface area (TPSA) is 24.5 Å². The van der Waals surface area contributed by atoms with E-state index in [9.17, 15) is 0 Å². The number of halogens is 1. The molecular formula is C16H25ClN2O. The minimum absolute atomic E-state index is 0.342. The number of benzene rings is 1. The van der Waals surface area contributed by atoms with E-state index in [-0.39, 0.29) is 0 Å². The molecule has 112 valence electrons. The smallest absolute Gasteiger partial charge is 0.0642 e. The van der Waals surface area contributed by atoms with Gasteiger partial charge >= 0.3 is 0 Å². The average molecular weight is 297 g/mol. The number of rotatable bonds is 5. The normalized spacial score (nSPS) is 17.9. The van der Waals surface area contributed by atoms with Gasteiger partial charge in [0.05, 0.1) is 17.3 Å². The molecule has 4 heteroatoms. The van der Waals surface area contributed by atoms with Crippen molar-refractivity contribution in [2.75, 3.05) is 37.7 Å². The summed E-state index contributed by atoms with van der Waals surface area (Å²) in [5.74, 6) is 0. The van der Waals surface area contributed by atoms with E-state index in [0.717, 1.165) is 56.4 Å². The van der Waals surface area contributed by atoms with E-state index in [1.165, 1.54) is 5.56 Å². The molecule has 2 rings (SSSR count). The Labute approximate surface area is 127 Å². The molecule has 0 aromatic heterocycles. The Morgan fingerprint density at radius 1 is 1.35 bits per heavy atom. The van der Waals surface area contributed by atoms with Crippen LogP contribution in [0.3, 0.4) is 0 Å². The highest BCUT2D eigenvalue weighted by molar-refractivity contribution is 6.33. The highest BCUT2D eigenvalue weighted by Crippen LogP contribution is 2.29. The van der Waals surface area contributed by atoms with Crippen molar-refractivity contribution in [2.24, 2.45) is 0 Å². The lowest BCUT2D eigenvalue weighted by Gasteiger charge is -2.24. The summed E-state index contributed by atoms with van der Waals surface area (Å²) < 4.78 is 5.50. The Hall–Kier alpha value is -0.770. The van der Waals surface area contributed by atoms with E-state index in [4.69, 9.17) is 16.3 Å². The lowest BCUT2D eigenvalue weighted by Crippen LogP contribution is -2.26. The summed E-state index contributed by atoms with van der Waals surface area (Å²) in [5, 5.41) is 4.33. The van der Waals surface area contributed by atoms with Crippen LogP contribution in [-0.2, 0) is 4.74 Å². The summed E-state index contributed by atoms with van der Waals surface area (Å²) in [6, 6.07) is 6.76. The van der Waals surface area contributed by atoms with Gasteiger partial charge in [-0.3, -0.25) is 0 Å². The maximum Gasteiger partial charge on any atom is 0.0642 e. The summed E-state index contributed by atoms with van der Waals surface area (Å²) >= 11 is 6.48. The van der Waals surface area contributed by atoms with Gasteiger partial charge in [-0.15, -0.1) is 0 Å². The predicted octanol–water partition coefficient (Wildman–Crippen LogP) is 3.63. The zero-order valence-corrected chi connectivity index (χ0v) is 13.2. The molecule has 1 aliphatic rings. The van der Waals surface area contributed by atoms with Gasteiger partial charge < -0.3 is 15.0 Å². The van der Waals surface area contributed by atoms with E-state index in [1.54, 1.807) is 0 Å². The zero-order chi connectivity index (χ0) is 14.4. The molecule has 1 unspecified atom stereocenters. The zero-order valence-electron chi connectivity index (χ0n) is 12.5. The van der Waals surface area contributed by atoms with Gasteiger partial charge in [0.1, 0.15) is 0 Å². The minimum atomic E-state index is 0.342. The van der Waals surface area contributed by atoms with Gasteiger partial charge in [0.2, 0.25) is 0 Å². The molecule has 1 saturated heterocycles. The first-order valence-corrected chi connectivity index (χ1v) is 7.95. The molecule has 0 spiro atoms. The maximum atomic E-state index is 6.48. The SMILES string of the molecule is CCCNC(C)c1ccc(N2CCCOCC2)c(Cl)c1. The van der Waals surface area contributed by atoms with Crippen LogP contribution in [0.25, 0.3) is 0 Å². The molecule has 1 aliphatic heterocycles. The molecule has 1 aromatic rings. The summed E-state index contributed by atoms with van der Waals surface area (Å²) in [4.78, 5) is 2.32. The van der Waals surface area contributed by atoms with E-state index < -0.39 is 0 Å². The van der Waals surface area contributed by atoms with Crippen LogP contribution in [0.1, 0.15) is 38.3 Å². The molecule has 20 heavy (non-hydrogen) atoms. The molecule has 1 heterocycles. The Kier molecular flexibility index (Phi) is 6.14. The van der Waals surface area contributed by atoms with Crippen molar-refractivity contribution in [3.63, 3.8) is 0 Å². The van der Waals surface area contributed by atoms with Gasteiger partial charge in [-0.05, 0) is 44.0 Å². The molecule has 1 fully saturated rings. The third-order valence-corrected chi connectivity index (χ3v) is 4.04. The first kappa shape index (κ1) is 15.6. The van der Waals surface area contributed by atoms with Crippen LogP contribution in [0, 0.1) is 0 Å². The third-order valence-electron chi connectivity index (χ3n) is 3.74. The van der Waals surface area contributed by atoms with Crippen LogP contribution >= 0.6 is 11.6 Å². The quantitative estimate of drug-likeness (QED) is 0.898. The van der Waals surface area contributed by atoms with Crippen LogP contribution in [0.15, 0.2) is 18.2 Å². The predicted molar refractivity (Wildman–Crippen MR) is 85.8 cm³/mol. The number of ether oxygens (including phenoxy) is 1. The van der Waals surface area contributed by atoms with Crippen molar-refractivity contribution in [2.45, 2.75) is 32.7 Å². The Morgan fingerprint density at radius 3 is 2.95 bits per heavy atom. The molecule has 1 atom stereocenters. The van der Waals surface area contributed by atoms with Gasteiger partial charge in [0.25, 0.3) is 0 Å². The molecule has 1 N–H and O–H groups in total. The van der Waals surface area contributed by atoms with E-state index in [1.807, 2.05) is 0 Å². The summed E-state index contributed by atoms with van der Waals surface area (Å²) in [6.45, 7) is 8.96. The fourth-order valence-corrected chi connectivity index (χ4v) is 2.82. The van der Waals surface area contributed by atoms with Crippen molar-refractivity contribution in [1.82, 2.24) is 5.32 Å². The fourth-order valence-electron chi connectivity index (χ4n) is 2.51. The van der Waals surface area contributed by atoms with Gasteiger partial charge in [0, 0.05) is 25.7 Å². The van der Waals surface area contributed by atoms with Crippen molar-refractivity contribution < 1.29 is 4.74 Å². The van der Waals surface area contributed by atoms with Crippen LogP contribution in [0.2, 0.25) is 5.02 Å². The molecule has 1 aromatic carbocycles. The van der Waals surface area contributed by atoms with Crippen LogP contribution in [0.5, 0.6) is 0 Å². The third kappa shape index (κ3) is 4.11. The number of hydrogen-bond donors (Lipinski definition) is 1. The molecule has 0 bridgehead atoms. The molecule has 0 radical (unpaired) electrons. The summed E-state index contributed by atoms with van der Waals surface area (Å²) in [5.41, 5.74) is 2.38. The van der Waals surface area contributed by atoms with E-state index >= 15 is 0 Å². The Bertz CT molecular complexity index is 417. The molecule has 0 amide bonds. The maximum absolute atomic E-state index is 6.48. The second-order valence-electron chi connectivity index (χ2n) is 5.34. The molecular weight excluding hydrogens is 272 g/mol. The highest BCUT2D eigenvalue weighted by Gasteiger charge is 2.14. The monoisotopic (exact) mass is 296 g/mol. The fraction of sp³-hybridized carbons (Fsp3) is 0.625. The number of anilines is 1. The van der Waals surface area contributed by atoms with Crippen LogP contribution < -0.4 is 10.2 Å². The summed E-state index contributed by atoms with van der Waals surface area (Å²) in [6.07, 6.45) is 2.20. The van der Waals surface area contributed by atoms with E-state index in [0.29, 0.717) is 6.04 Å². The van der Waals surface area contributed by atoms with Gasteiger partial charge in [-0.25, -0.2) is 0 Å². The Morgan fingerprint density at radius 2 is 2.20 bits per heavy atom. The van der Waals surface area contributed by atoms with Crippen molar-refractivity contribution in [3.05, 3.63) is 28.8 Å². The van der Waals surface area contributed by atoms with Crippen molar-refractivity contribution >= 4 is 17.3 Å². The second-order valence-corrected chi connectivity index (χ2v) is 5.75. The van der Waals surface area contributed by atoms with Crippen molar-refractivity contribution in [3.8, 4) is 0 Å². The number of nitrogens with zero attached hydrogens (tertiary/aromatic N) is 1. The van der Waals surface area contributed by atoms with Crippen LogP contribution in [0.4, 0.5) is 5.69 Å². The minimum Gasteiger partial charge on any atom is -0.380 e. The van der Waals surface area contributed by atoms with Crippen molar-refractivity contribution in [1.29, 1.82) is 0 Å². The molecule has 0 saturated carbocycles. The average Bonchev–Trinajstić information content (AvgIpc) is 2.73. The standard InChI is InChI=1S/C16H25ClN2O/c1-3-7-18-13(2)14-5-6-16(15(17)12-14)19-8-4-10-20-11-9-19/h5-6,12-13,18H,3-4,7-11H2,1-2H3. The molecule has 0 aliphatic carbocycles. The number of hydrogen-bond acceptors (Lipinski definition) is 3. The lowest BCUT2D eigenvalue weighted by molar-refractivity contribution is 0.152. The lowest BCUT2D eigenvalue weighted by atomic mass is 10.1. The van der Waals surface area contributed by atoms with Crippen LogP contribution in [-0.4, -0.2) is 32.8 Å². The van der Waals surface area contributed by atoms with Gasteiger partial charge in [-0.1, -0.05) is 24.6 Å². The molecule has 3 nitrogen and oxygen atoms in total. The second kappa shape index (κ2) is 7.87. The first-order valence-electron chi connectivity index (χ1n) is 7.58. The van der Waals surface area contributed by atoms with E-state index in [2.05, 4.69) is 42.3 Å². The highest BCUT2D eigenvalue weighted by atomic mass is 35.5. The first-order chi connectivity index (χ1) is 9.72. The Balaban J connectivity index is 2.08. The van der Waals surface area contributed by atoms with Gasteiger partial charge in [-0.2, -0.15) is 0 Å². The summed E-state index contributed by atoms with van der Waals surface area (Å²) in [7, 11) is 0. The van der Waals surface area contributed by atoms with Gasteiger partial charge in [0.15, 0.2) is 0 Å². The number of nitrogens with one attached hydrogen (secondary N) is 1.